The van der Waals surface area contributed by atoms with Crippen LogP contribution in [-0.2, 0) is 33.7 Å². The summed E-state index contributed by atoms with van der Waals surface area (Å²) in [5.74, 6) is 1.36. The summed E-state index contributed by atoms with van der Waals surface area (Å²) in [6, 6.07) is 58.2. The second-order valence-corrected chi connectivity index (χ2v) is 20.4. The Bertz CT molecular complexity index is 2330. The Labute approximate surface area is 356 Å². The zero-order valence-corrected chi connectivity index (χ0v) is 38.2. The normalized spacial score (nSPS) is 11.2. The molecule has 9 rings (SSSR count). The summed E-state index contributed by atoms with van der Waals surface area (Å²) >= 11 is -0.826. The third kappa shape index (κ3) is 10.4. The summed E-state index contributed by atoms with van der Waals surface area (Å²) in [6.45, 7) is 13.5. The van der Waals surface area contributed by atoms with E-state index in [0.29, 0.717) is 11.8 Å². The van der Waals surface area contributed by atoms with Crippen molar-refractivity contribution in [2.45, 2.75) is 54.4 Å². The number of hydrogen-bond donors (Lipinski definition) is 0. The molecule has 0 bridgehead atoms. The van der Waals surface area contributed by atoms with Crippen molar-refractivity contribution < 1.29 is 20.8 Å². The largest absolute Gasteiger partial charge is 0.184 e. The molecule has 282 valence electrons. The van der Waals surface area contributed by atoms with E-state index in [0.717, 1.165) is 22.4 Å². The monoisotopic (exact) mass is 861 g/mol. The number of halogens is 2. The van der Waals surface area contributed by atoms with Crippen LogP contribution < -0.4 is 10.4 Å². The van der Waals surface area contributed by atoms with E-state index in [2.05, 4.69) is 193 Å². The van der Waals surface area contributed by atoms with Gasteiger partial charge >= 0.3 is 37.9 Å². The van der Waals surface area contributed by atoms with Gasteiger partial charge in [-0.1, -0.05) is 148 Å². The van der Waals surface area contributed by atoms with Crippen LogP contribution in [0.15, 0.2) is 152 Å². The Kier molecular flexibility index (Phi) is 15.0. The number of benzene rings is 6. The topological polar surface area (TPSA) is 0 Å². The van der Waals surface area contributed by atoms with Crippen LogP contribution in [0, 0.1) is 31.7 Å². The second-order valence-electron chi connectivity index (χ2n) is 15.4. The molecule has 4 heteroatoms. The van der Waals surface area contributed by atoms with E-state index < -0.39 is 20.8 Å². The summed E-state index contributed by atoms with van der Waals surface area (Å²) in [7, 11) is 10.7. The van der Waals surface area contributed by atoms with Crippen molar-refractivity contribution >= 4 is 58.5 Å². The number of fused-ring (bicyclic) bond motifs is 5. The summed E-state index contributed by atoms with van der Waals surface area (Å²) in [4.78, 5) is 0. The van der Waals surface area contributed by atoms with Gasteiger partial charge in [-0.15, -0.1) is 74.6 Å². The van der Waals surface area contributed by atoms with Crippen LogP contribution in [0.25, 0.3) is 54.9 Å². The molecule has 0 aliphatic carbocycles. The SMILES string of the molecule is Cc1cc2c(-c3ccccc3CC(C)C)cccc2[cH-]1.Cc1cc2c(-c3ccccc3CC(C)C)cccc2[cH-]1.[Cl][Zr][Cl].[c-]1cccc2c1[Si]c1ccccc1-2. The molecule has 1 heterocycles. The first-order chi connectivity index (χ1) is 27.2. The second kappa shape index (κ2) is 20.1. The molecule has 0 saturated carbocycles. The summed E-state index contributed by atoms with van der Waals surface area (Å²) < 4.78 is 0. The van der Waals surface area contributed by atoms with E-state index in [4.69, 9.17) is 17.0 Å². The van der Waals surface area contributed by atoms with Gasteiger partial charge in [-0.3, -0.25) is 0 Å². The number of hydrogen-bond acceptors (Lipinski definition) is 0. The Morgan fingerprint density at radius 1 is 0.536 bits per heavy atom. The molecule has 0 atom stereocenters. The fourth-order valence-corrected chi connectivity index (χ4v) is 9.08. The first-order valence-electron chi connectivity index (χ1n) is 19.5. The molecule has 8 aromatic carbocycles. The first kappa shape index (κ1) is 41.8. The molecule has 1 aliphatic heterocycles. The first-order valence-corrected chi connectivity index (χ1v) is 26.8. The van der Waals surface area contributed by atoms with Gasteiger partial charge in [-0.05, 0) is 46.9 Å². The van der Waals surface area contributed by atoms with Crippen molar-refractivity contribution in [2.24, 2.45) is 11.8 Å². The molecule has 0 N–H and O–H groups in total. The maximum Gasteiger partial charge on any atom is 0.0920 e. The van der Waals surface area contributed by atoms with Crippen molar-refractivity contribution in [1.82, 2.24) is 0 Å². The quantitative estimate of drug-likeness (QED) is 0.115. The number of aryl methyl sites for hydroxylation is 2. The van der Waals surface area contributed by atoms with Gasteiger partial charge in [0, 0.05) is 0 Å². The van der Waals surface area contributed by atoms with Crippen LogP contribution in [0.4, 0.5) is 0 Å². The Morgan fingerprint density at radius 2 is 0.964 bits per heavy atom. The van der Waals surface area contributed by atoms with Crippen molar-refractivity contribution in [3.63, 3.8) is 0 Å². The van der Waals surface area contributed by atoms with Gasteiger partial charge in [0.05, 0.1) is 9.52 Å². The molecule has 0 unspecified atom stereocenters. The minimum absolute atomic E-state index is 0.678. The fraction of sp³-hybridized carbons (Fsp3) is 0.192. The van der Waals surface area contributed by atoms with Crippen LogP contribution in [-0.4, -0.2) is 9.52 Å². The summed E-state index contributed by atoms with van der Waals surface area (Å²) in [5, 5.41) is 8.27. The molecule has 1 aliphatic rings. The predicted octanol–water partition coefficient (Wildman–Crippen LogP) is 14.0. The van der Waals surface area contributed by atoms with Gasteiger partial charge in [-0.25, -0.2) is 0 Å². The molecule has 0 nitrogen and oxygen atoms in total. The van der Waals surface area contributed by atoms with E-state index in [1.807, 2.05) is 6.07 Å². The van der Waals surface area contributed by atoms with Crippen molar-refractivity contribution in [2.75, 3.05) is 0 Å². The molecule has 0 spiro atoms. The smallest absolute Gasteiger partial charge is 0.0920 e. The maximum absolute atomic E-state index is 4.93. The van der Waals surface area contributed by atoms with Crippen LogP contribution in [0.3, 0.4) is 0 Å². The minimum Gasteiger partial charge on any atom is -0.184 e. The van der Waals surface area contributed by atoms with Gasteiger partial charge in [0.25, 0.3) is 0 Å². The van der Waals surface area contributed by atoms with Crippen LogP contribution in [0.5, 0.6) is 0 Å². The third-order valence-corrected chi connectivity index (χ3v) is 11.4. The van der Waals surface area contributed by atoms with Gasteiger partial charge in [-0.2, -0.15) is 41.6 Å². The Hall–Kier alpha value is -3.78. The van der Waals surface area contributed by atoms with Gasteiger partial charge in [0.1, 0.15) is 0 Å². The van der Waals surface area contributed by atoms with Gasteiger partial charge in [0.2, 0.25) is 0 Å². The molecule has 2 radical (unpaired) electrons. The van der Waals surface area contributed by atoms with E-state index in [-0.39, 0.29) is 0 Å². The summed E-state index contributed by atoms with van der Waals surface area (Å²) in [6.07, 6.45) is 2.26. The molecule has 0 amide bonds. The zero-order chi connectivity index (χ0) is 39.6. The van der Waals surface area contributed by atoms with Crippen LogP contribution in [0.2, 0.25) is 0 Å². The van der Waals surface area contributed by atoms with Crippen molar-refractivity contribution in [3.05, 3.63) is 180 Å². The molecule has 8 aromatic rings. The van der Waals surface area contributed by atoms with Gasteiger partial charge in [0.15, 0.2) is 0 Å². The molecule has 0 saturated heterocycles. The molecular weight excluding hydrogens is 815 g/mol. The molecule has 0 fully saturated rings. The Morgan fingerprint density at radius 3 is 1.46 bits per heavy atom. The van der Waals surface area contributed by atoms with E-state index in [9.17, 15) is 0 Å². The Balaban J connectivity index is 0.000000140. The maximum atomic E-state index is 4.93. The van der Waals surface area contributed by atoms with E-state index >= 15 is 0 Å². The minimum atomic E-state index is -0.826. The molecule has 0 aromatic heterocycles. The zero-order valence-electron chi connectivity index (χ0n) is 33.3. The summed E-state index contributed by atoms with van der Waals surface area (Å²) in [5.41, 5.74) is 13.9. The standard InChI is InChI=1S/2C20H21.C12H7Si.2ClH.Zr/c2*1-14(2)11-16-7-4-5-9-18(16)19-10-6-8-17-12-15(3)13-20(17)19;1-3-7-11-9(5-1)10-6-2-4-8-12(10)13-11;;;/h2*4-10,12-14H,11H2,1-3H3;1-7H;2*1H;/q3*-1;;;+2/p-2. The van der Waals surface area contributed by atoms with Crippen LogP contribution in [0.1, 0.15) is 49.9 Å². The molecule has 56 heavy (non-hydrogen) atoms. The third-order valence-electron chi connectivity index (χ3n) is 9.99. The predicted molar refractivity (Wildman–Crippen MR) is 244 cm³/mol. The average molecular weight is 864 g/mol. The van der Waals surface area contributed by atoms with E-state index in [1.165, 1.54) is 87.6 Å². The van der Waals surface area contributed by atoms with Crippen molar-refractivity contribution in [1.29, 1.82) is 0 Å². The fourth-order valence-electron chi connectivity index (χ4n) is 7.77. The van der Waals surface area contributed by atoms with E-state index in [1.54, 1.807) is 0 Å². The van der Waals surface area contributed by atoms with Crippen molar-refractivity contribution in [3.8, 4) is 33.4 Å². The molecular formula is C52H49Cl2SiZr-3. The van der Waals surface area contributed by atoms with Gasteiger partial charge < -0.3 is 0 Å². The van der Waals surface area contributed by atoms with Crippen LogP contribution >= 0.6 is 17.0 Å². The average Bonchev–Trinajstić information content (AvgIpc) is 3.89. The number of rotatable bonds is 6.